The predicted octanol–water partition coefficient (Wildman–Crippen LogP) is 5.12. The highest BCUT2D eigenvalue weighted by molar-refractivity contribution is 5.76. The summed E-state index contributed by atoms with van der Waals surface area (Å²) in [5.41, 5.74) is 9.87. The average molecular weight is 469 g/mol. The number of halogens is 2. The van der Waals surface area contributed by atoms with E-state index in [0.717, 1.165) is 25.5 Å². The van der Waals surface area contributed by atoms with Gasteiger partial charge < -0.3 is 15.8 Å². The van der Waals surface area contributed by atoms with Crippen LogP contribution < -0.4 is 11.1 Å². The second kappa shape index (κ2) is 14.9. The molecule has 182 valence electrons. The molecular weight excluding hydrogens is 434 g/mol. The number of ether oxygens (including phenoxy) is 1. The molecule has 0 spiro atoms. The Morgan fingerprint density at radius 1 is 0.971 bits per heavy atom. The molecule has 1 saturated heterocycles. The maximum atomic E-state index is 12.2. The largest absolute Gasteiger partial charge is 0.371 e. The lowest BCUT2D eigenvalue weighted by atomic mass is 10.1. The first kappa shape index (κ1) is 27.2. The molecule has 1 fully saturated rings. The van der Waals surface area contributed by atoms with E-state index in [-0.39, 0.29) is 12.0 Å². The number of benzene rings is 3. The van der Waals surface area contributed by atoms with Gasteiger partial charge in [-0.15, -0.1) is 0 Å². The Balaban J connectivity index is 0.000000189. The highest BCUT2D eigenvalue weighted by atomic mass is 19.1. The second-order valence-corrected chi connectivity index (χ2v) is 8.07. The smallest absolute Gasteiger partial charge is 0.220 e. The topological polar surface area (TPSA) is 67.7 Å². The van der Waals surface area contributed by atoms with Crippen molar-refractivity contribution in [3.05, 3.63) is 107 Å². The highest BCUT2D eigenvalue weighted by Gasteiger charge is 2.22. The van der Waals surface area contributed by atoms with Crippen molar-refractivity contribution in [2.45, 2.75) is 45.8 Å². The van der Waals surface area contributed by atoms with E-state index in [1.54, 1.807) is 6.92 Å². The summed E-state index contributed by atoms with van der Waals surface area (Å²) in [5.74, 6) is -0.936. The van der Waals surface area contributed by atoms with Crippen molar-refractivity contribution in [2.24, 2.45) is 5.73 Å². The Morgan fingerprint density at radius 2 is 1.59 bits per heavy atom. The predicted molar refractivity (Wildman–Crippen MR) is 132 cm³/mol. The molecule has 1 heterocycles. The molecule has 34 heavy (non-hydrogen) atoms. The van der Waals surface area contributed by atoms with E-state index >= 15 is 0 Å². The van der Waals surface area contributed by atoms with E-state index in [0.29, 0.717) is 25.1 Å². The van der Waals surface area contributed by atoms with E-state index in [9.17, 15) is 13.6 Å². The number of carbonyl (C=O) groups excluding carboxylic acids is 1. The van der Waals surface area contributed by atoms with Crippen LogP contribution in [0.25, 0.3) is 0 Å². The van der Waals surface area contributed by atoms with Gasteiger partial charge in [0.2, 0.25) is 5.91 Å². The van der Waals surface area contributed by atoms with Crippen LogP contribution in [0.5, 0.6) is 0 Å². The van der Waals surface area contributed by atoms with Gasteiger partial charge in [-0.1, -0.05) is 61.5 Å². The molecule has 0 aliphatic carbocycles. The Labute approximate surface area is 201 Å². The van der Waals surface area contributed by atoms with E-state index in [4.69, 9.17) is 10.5 Å². The Kier molecular flexibility index (Phi) is 11.9. The van der Waals surface area contributed by atoms with Gasteiger partial charge in [0.05, 0.1) is 12.7 Å². The number of nitrogens with two attached hydrogens (primary N) is 1. The highest BCUT2D eigenvalue weighted by Crippen LogP contribution is 2.07. The van der Waals surface area contributed by atoms with Crippen molar-refractivity contribution in [3.63, 3.8) is 0 Å². The number of aryl methyl sites for hydroxylation is 3. The van der Waals surface area contributed by atoms with Gasteiger partial charge in [0.15, 0.2) is 0 Å². The van der Waals surface area contributed by atoms with Crippen LogP contribution in [0.4, 0.5) is 8.78 Å². The quantitative estimate of drug-likeness (QED) is 0.473. The van der Waals surface area contributed by atoms with Crippen LogP contribution in [0.1, 0.15) is 35.6 Å². The molecule has 0 aromatic heterocycles. The van der Waals surface area contributed by atoms with Gasteiger partial charge in [-0.3, -0.25) is 4.79 Å². The van der Waals surface area contributed by atoms with Crippen molar-refractivity contribution in [2.75, 3.05) is 13.2 Å². The molecule has 0 bridgehead atoms. The fraction of sp³-hybridized carbons (Fsp3) is 0.321. The van der Waals surface area contributed by atoms with E-state index in [2.05, 4.69) is 36.5 Å². The lowest BCUT2D eigenvalue weighted by molar-refractivity contribution is -0.121. The van der Waals surface area contributed by atoms with Crippen molar-refractivity contribution in [1.82, 2.24) is 5.32 Å². The van der Waals surface area contributed by atoms with Gasteiger partial charge in [-0.2, -0.15) is 0 Å². The SMILES string of the molecule is CCc1cccc(CN)c1.Cc1cc(F)cc(F)c1.O=C(CCc1ccccc1)NCC1CO1. The van der Waals surface area contributed by atoms with Gasteiger partial charge >= 0.3 is 0 Å². The van der Waals surface area contributed by atoms with Crippen LogP contribution in [-0.2, 0) is 28.9 Å². The number of hydrogen-bond acceptors (Lipinski definition) is 3. The molecule has 1 aliphatic heterocycles. The van der Waals surface area contributed by atoms with E-state index in [1.165, 1.54) is 28.8 Å². The lowest BCUT2D eigenvalue weighted by Crippen LogP contribution is -2.27. The molecular formula is C28H34F2N2O2. The molecule has 3 aromatic rings. The van der Waals surface area contributed by atoms with Crippen LogP contribution in [0.3, 0.4) is 0 Å². The number of hydrogen-bond donors (Lipinski definition) is 2. The fourth-order valence-corrected chi connectivity index (χ4v) is 3.07. The summed E-state index contributed by atoms with van der Waals surface area (Å²) in [7, 11) is 0. The van der Waals surface area contributed by atoms with Crippen molar-refractivity contribution >= 4 is 5.91 Å². The van der Waals surface area contributed by atoms with E-state index in [1.807, 2.05) is 30.3 Å². The van der Waals surface area contributed by atoms with Crippen LogP contribution in [0, 0.1) is 18.6 Å². The molecule has 3 aromatic carbocycles. The lowest BCUT2D eigenvalue weighted by Gasteiger charge is -2.02. The normalized spacial score (nSPS) is 13.6. The maximum absolute atomic E-state index is 12.2. The Hall–Kier alpha value is -3.09. The summed E-state index contributed by atoms with van der Waals surface area (Å²) in [6.45, 7) is 5.89. The number of epoxide rings is 1. The molecule has 6 heteroatoms. The zero-order chi connectivity index (χ0) is 24.8. The molecule has 1 amide bonds. The molecule has 1 aliphatic rings. The maximum Gasteiger partial charge on any atom is 0.220 e. The first-order valence-corrected chi connectivity index (χ1v) is 11.5. The minimum absolute atomic E-state index is 0.106. The Bertz CT molecular complexity index is 939. The van der Waals surface area contributed by atoms with Crippen LogP contribution in [0.15, 0.2) is 72.8 Å². The van der Waals surface area contributed by atoms with Crippen molar-refractivity contribution in [1.29, 1.82) is 0 Å². The average Bonchev–Trinajstić information content (AvgIpc) is 3.67. The summed E-state index contributed by atoms with van der Waals surface area (Å²) in [5, 5.41) is 2.85. The standard InChI is InChI=1S/C12H15NO2.C9H13N.C7H6F2/c14-12(13-8-11-9-15-11)7-6-10-4-2-1-3-5-10;1-2-8-4-3-5-9(6-8)7-10;1-5-2-6(8)4-7(9)3-5/h1-5,11H,6-9H2,(H,13,14);3-6H,2,7,10H2,1H3;2-4H,1H3. The zero-order valence-corrected chi connectivity index (χ0v) is 19.9. The fourth-order valence-electron chi connectivity index (χ4n) is 3.07. The molecule has 0 saturated carbocycles. The molecule has 3 N–H and O–H groups in total. The number of carbonyl (C=O) groups is 1. The number of amides is 1. The summed E-state index contributed by atoms with van der Waals surface area (Å²) in [6, 6.07) is 21.8. The van der Waals surface area contributed by atoms with Crippen molar-refractivity contribution in [3.8, 4) is 0 Å². The number of rotatable bonds is 7. The third-order valence-electron chi connectivity index (χ3n) is 5.06. The Morgan fingerprint density at radius 3 is 2.15 bits per heavy atom. The van der Waals surface area contributed by atoms with Gasteiger partial charge in [0.25, 0.3) is 0 Å². The number of nitrogens with one attached hydrogen (secondary N) is 1. The molecule has 4 nitrogen and oxygen atoms in total. The summed E-state index contributed by atoms with van der Waals surface area (Å²) in [4.78, 5) is 11.4. The van der Waals surface area contributed by atoms with Gasteiger partial charge in [0.1, 0.15) is 11.6 Å². The van der Waals surface area contributed by atoms with Gasteiger partial charge in [-0.05, 0) is 54.2 Å². The minimum Gasteiger partial charge on any atom is -0.371 e. The van der Waals surface area contributed by atoms with Crippen LogP contribution in [0.2, 0.25) is 0 Å². The molecule has 1 unspecified atom stereocenters. The second-order valence-electron chi connectivity index (χ2n) is 8.07. The first-order valence-electron chi connectivity index (χ1n) is 11.5. The van der Waals surface area contributed by atoms with Crippen LogP contribution >= 0.6 is 0 Å². The summed E-state index contributed by atoms with van der Waals surface area (Å²) in [6.07, 6.45) is 2.72. The monoisotopic (exact) mass is 468 g/mol. The first-order chi connectivity index (χ1) is 16.4. The molecule has 0 radical (unpaired) electrons. The van der Waals surface area contributed by atoms with Crippen LogP contribution in [-0.4, -0.2) is 25.2 Å². The van der Waals surface area contributed by atoms with Gasteiger partial charge in [-0.25, -0.2) is 8.78 Å². The van der Waals surface area contributed by atoms with Crippen molar-refractivity contribution < 1.29 is 18.3 Å². The molecule has 1 atom stereocenters. The van der Waals surface area contributed by atoms with Gasteiger partial charge in [0, 0.05) is 25.6 Å². The summed E-state index contributed by atoms with van der Waals surface area (Å²) >= 11 is 0. The zero-order valence-electron chi connectivity index (χ0n) is 19.9. The molecule has 4 rings (SSSR count). The third kappa shape index (κ3) is 11.7. The van der Waals surface area contributed by atoms with E-state index < -0.39 is 11.6 Å². The minimum atomic E-state index is -0.521. The third-order valence-corrected chi connectivity index (χ3v) is 5.06. The summed E-state index contributed by atoms with van der Waals surface area (Å²) < 4.78 is 29.4.